The van der Waals surface area contributed by atoms with E-state index in [0.29, 0.717) is 69.2 Å². The number of nitrogens with zero attached hydrogens (tertiary/aromatic N) is 2. The molecule has 6 aromatic carbocycles. The number of aryl methyl sites for hydroxylation is 1. The molecule has 6 amide bonds. The van der Waals surface area contributed by atoms with E-state index in [1.54, 1.807) is 86.0 Å². The van der Waals surface area contributed by atoms with Gasteiger partial charge in [-0.05, 0) is 211 Å². The second-order valence-corrected chi connectivity index (χ2v) is 23.0. The van der Waals surface area contributed by atoms with Gasteiger partial charge in [0.25, 0.3) is 11.8 Å². The summed E-state index contributed by atoms with van der Waals surface area (Å²) in [7, 11) is 8.11. The first-order valence-corrected chi connectivity index (χ1v) is 30.7. The van der Waals surface area contributed by atoms with Crippen molar-refractivity contribution in [2.75, 3.05) is 75.8 Å². The van der Waals surface area contributed by atoms with Crippen LogP contribution in [0.1, 0.15) is 137 Å². The number of nitrogens with one attached hydrogen (secondary N) is 6. The second kappa shape index (κ2) is 32.3. The largest absolute Gasteiger partial charge is 0.494 e. The number of ether oxygens (including phenoxy) is 5. The zero-order chi connectivity index (χ0) is 61.5. The van der Waals surface area contributed by atoms with Gasteiger partial charge in [-0.25, -0.2) is 9.59 Å². The van der Waals surface area contributed by atoms with Crippen LogP contribution in [0.5, 0.6) is 40.2 Å². The first-order chi connectivity index (χ1) is 41.5. The Morgan fingerprint density at radius 3 is 1.47 bits per heavy atom. The Balaban J connectivity index is 0.000000246. The van der Waals surface area contributed by atoms with Crippen LogP contribution < -0.4 is 55.6 Å². The van der Waals surface area contributed by atoms with Crippen LogP contribution in [0.15, 0.2) is 133 Å². The van der Waals surface area contributed by atoms with E-state index in [-0.39, 0.29) is 41.7 Å². The average Bonchev–Trinajstić information content (AvgIpc) is 1.38. The molecule has 86 heavy (non-hydrogen) atoms. The van der Waals surface area contributed by atoms with Crippen molar-refractivity contribution in [3.05, 3.63) is 150 Å². The van der Waals surface area contributed by atoms with Crippen molar-refractivity contribution in [2.45, 2.75) is 136 Å². The normalized spacial score (nSPS) is 13.9. The molecule has 0 aromatic heterocycles. The number of urea groups is 2. The first kappa shape index (κ1) is 65.3. The summed E-state index contributed by atoms with van der Waals surface area (Å²) < 4.78 is 30.8. The molecule has 0 unspecified atom stereocenters. The number of quaternary nitrogens is 1. The number of rotatable bonds is 25. The van der Waals surface area contributed by atoms with Crippen LogP contribution in [-0.4, -0.2) is 106 Å². The standard InChI is InChI=1S/C35H46N4O5.C34H44N4O4/c1-7-26(8-2)37-34(41)38-28-16-21-31(32(24-28)42-6)43-29-19-14-27(15-20-29)36-33(40)25-12-17-30(18-13-25)44-35(39(3,4)5)22-10-9-11-23-35;1-4-27(5-2)36-34(40)37-28-12-17-31(18-13-28)42-32-19-14-29(24-25(32)3)35-33(39)26-10-15-30(16-11-26)41-23-9-22-38-20-7-6-8-21-38/h12-21,24,26H,7-11,22-23H2,1-6H3,(H2-,36,37,38,40,41);10-19,24,27H,4-9,20-23H2,1-3H3,(H,35,39)(H2,36,37,40)/p+1. The lowest BCUT2D eigenvalue weighted by atomic mass is 9.89. The molecule has 1 saturated heterocycles. The van der Waals surface area contributed by atoms with Gasteiger partial charge in [0.1, 0.15) is 28.7 Å². The van der Waals surface area contributed by atoms with Gasteiger partial charge in [0.15, 0.2) is 11.5 Å². The summed E-state index contributed by atoms with van der Waals surface area (Å²) in [6.07, 6.45) is 14.1. The summed E-state index contributed by atoms with van der Waals surface area (Å²) in [6, 6.07) is 39.5. The molecule has 1 saturated carbocycles. The van der Waals surface area contributed by atoms with Gasteiger partial charge in [0.05, 0.1) is 34.9 Å². The number of methoxy groups -OCH3 is 1. The average molecular weight is 1180 g/mol. The minimum atomic E-state index is -0.260. The SMILES string of the molecule is CCC(CC)NC(=O)Nc1ccc(Oc2ccc(NC(=O)c3ccc(OC4([N+](C)(C)C)CCCCC4)cc3)cc2)c(OC)c1.CCC(CC)NC(=O)Nc1ccc(Oc2ccc(NC(=O)c3ccc(OCCCN4CCCCC4)cc3)cc2C)cc1. The second-order valence-electron chi connectivity index (χ2n) is 23.0. The number of piperidine rings is 1. The van der Waals surface area contributed by atoms with Crippen LogP contribution in [0.2, 0.25) is 0 Å². The fraction of sp³-hybridized carbons (Fsp3) is 0.420. The molecule has 1 aliphatic heterocycles. The highest BCUT2D eigenvalue weighted by Crippen LogP contribution is 2.39. The number of carbonyl (C=O) groups is 4. The van der Waals surface area contributed by atoms with Crippen molar-refractivity contribution >= 4 is 46.6 Å². The van der Waals surface area contributed by atoms with Gasteiger partial charge in [0, 0.05) is 71.4 Å². The van der Waals surface area contributed by atoms with E-state index in [4.69, 9.17) is 23.7 Å². The van der Waals surface area contributed by atoms with Crippen LogP contribution >= 0.6 is 0 Å². The topological polar surface area (TPSA) is 190 Å². The zero-order valence-electron chi connectivity index (χ0n) is 51.9. The van der Waals surface area contributed by atoms with Gasteiger partial charge in [-0.1, -0.05) is 40.5 Å². The van der Waals surface area contributed by atoms with Crippen LogP contribution in [0, 0.1) is 6.92 Å². The summed E-state index contributed by atoms with van der Waals surface area (Å²) in [5, 5.41) is 17.5. The lowest BCUT2D eigenvalue weighted by Gasteiger charge is -2.47. The highest BCUT2D eigenvalue weighted by molar-refractivity contribution is 6.05. The molecule has 0 bridgehead atoms. The highest BCUT2D eigenvalue weighted by atomic mass is 16.5. The number of likely N-dealkylation sites (tertiary alicyclic amines) is 1. The lowest BCUT2D eigenvalue weighted by Crippen LogP contribution is -2.61. The zero-order valence-corrected chi connectivity index (χ0v) is 51.9. The molecule has 8 rings (SSSR count). The van der Waals surface area contributed by atoms with Crippen molar-refractivity contribution < 1.29 is 47.3 Å². The molecule has 6 aromatic rings. The predicted octanol–water partition coefficient (Wildman–Crippen LogP) is 15.4. The van der Waals surface area contributed by atoms with E-state index >= 15 is 0 Å². The first-order valence-electron chi connectivity index (χ1n) is 30.7. The molecular weight excluding hydrogens is 1080 g/mol. The smallest absolute Gasteiger partial charge is 0.319 e. The van der Waals surface area contributed by atoms with E-state index in [1.165, 1.54) is 38.8 Å². The summed E-state index contributed by atoms with van der Waals surface area (Å²) in [4.78, 5) is 52.8. The maximum Gasteiger partial charge on any atom is 0.319 e. The van der Waals surface area contributed by atoms with Gasteiger partial charge in [-0.3, -0.25) is 14.1 Å². The Morgan fingerprint density at radius 2 is 0.953 bits per heavy atom. The molecule has 0 spiro atoms. The summed E-state index contributed by atoms with van der Waals surface area (Å²) >= 11 is 0. The van der Waals surface area contributed by atoms with E-state index in [0.717, 1.165) is 85.9 Å². The van der Waals surface area contributed by atoms with Crippen LogP contribution in [0.25, 0.3) is 0 Å². The third-order valence-corrected chi connectivity index (χ3v) is 15.9. The quantitative estimate of drug-likeness (QED) is 0.0183. The van der Waals surface area contributed by atoms with Crippen molar-refractivity contribution in [1.82, 2.24) is 15.5 Å². The molecular formula is C69H91N8O9+. The van der Waals surface area contributed by atoms with E-state index in [2.05, 4.69) is 71.8 Å². The van der Waals surface area contributed by atoms with E-state index in [1.807, 2.05) is 75.4 Å². The molecule has 460 valence electrons. The molecule has 0 atom stereocenters. The number of amides is 6. The van der Waals surface area contributed by atoms with Gasteiger partial charge in [0.2, 0.25) is 5.72 Å². The fourth-order valence-corrected chi connectivity index (χ4v) is 10.5. The maximum absolute atomic E-state index is 13.0. The number of anilines is 4. The fourth-order valence-electron chi connectivity index (χ4n) is 10.5. The lowest BCUT2D eigenvalue weighted by molar-refractivity contribution is -0.947. The van der Waals surface area contributed by atoms with Crippen LogP contribution in [0.4, 0.5) is 32.3 Å². The highest BCUT2D eigenvalue weighted by Gasteiger charge is 2.46. The number of hydrogen-bond donors (Lipinski definition) is 6. The van der Waals surface area contributed by atoms with Crippen molar-refractivity contribution in [1.29, 1.82) is 0 Å². The van der Waals surface area contributed by atoms with Crippen molar-refractivity contribution in [3.8, 4) is 40.2 Å². The molecule has 17 heteroatoms. The van der Waals surface area contributed by atoms with Crippen LogP contribution in [0.3, 0.4) is 0 Å². The monoisotopic (exact) mass is 1180 g/mol. The Morgan fingerprint density at radius 1 is 0.512 bits per heavy atom. The third kappa shape index (κ3) is 19.6. The third-order valence-electron chi connectivity index (χ3n) is 15.9. The molecule has 2 aliphatic rings. The Hall–Kier alpha value is -8.28. The number of hydrogen-bond acceptors (Lipinski definition) is 10. The minimum absolute atomic E-state index is 0.124. The minimum Gasteiger partial charge on any atom is -0.494 e. The number of benzene rings is 6. The van der Waals surface area contributed by atoms with E-state index < -0.39 is 0 Å². The summed E-state index contributed by atoms with van der Waals surface area (Å²) in [5.74, 6) is 4.04. The molecule has 1 heterocycles. The Kier molecular flexibility index (Phi) is 24.5. The molecule has 6 N–H and O–H groups in total. The Bertz CT molecular complexity index is 3090. The number of carbonyl (C=O) groups excluding carboxylic acids is 4. The van der Waals surface area contributed by atoms with E-state index in [9.17, 15) is 19.2 Å². The van der Waals surface area contributed by atoms with Gasteiger partial charge in [-0.15, -0.1) is 0 Å². The van der Waals surface area contributed by atoms with Gasteiger partial charge >= 0.3 is 12.1 Å². The van der Waals surface area contributed by atoms with Gasteiger partial charge in [-0.2, -0.15) is 0 Å². The molecule has 1 aliphatic carbocycles. The van der Waals surface area contributed by atoms with Crippen molar-refractivity contribution in [2.24, 2.45) is 0 Å². The molecule has 2 fully saturated rings. The summed E-state index contributed by atoms with van der Waals surface area (Å²) in [5.41, 5.74) is 4.36. The maximum atomic E-state index is 13.0. The van der Waals surface area contributed by atoms with Crippen LogP contribution in [-0.2, 0) is 0 Å². The molecule has 0 radical (unpaired) electrons. The predicted molar refractivity (Wildman–Crippen MR) is 344 cm³/mol. The summed E-state index contributed by atoms with van der Waals surface area (Å²) in [6.45, 7) is 14.3. The van der Waals surface area contributed by atoms with Crippen molar-refractivity contribution in [3.63, 3.8) is 0 Å². The molecule has 17 nitrogen and oxygen atoms in total. The Labute approximate surface area is 509 Å². The van der Waals surface area contributed by atoms with Gasteiger partial charge < -0.3 is 60.5 Å².